The van der Waals surface area contributed by atoms with E-state index < -0.39 is 0 Å². The topological polar surface area (TPSA) is 76.9 Å². The predicted molar refractivity (Wildman–Crippen MR) is 81.8 cm³/mol. The fourth-order valence-corrected chi connectivity index (χ4v) is 2.48. The summed E-state index contributed by atoms with van der Waals surface area (Å²) in [5.41, 5.74) is 8.45. The molecule has 2 N–H and O–H groups in total. The van der Waals surface area contributed by atoms with E-state index in [0.717, 1.165) is 5.52 Å². The number of methoxy groups -OCH3 is 1. The molecule has 0 radical (unpaired) electrons. The van der Waals surface area contributed by atoms with Gasteiger partial charge in [0.05, 0.1) is 23.7 Å². The Morgan fingerprint density at radius 1 is 1.33 bits per heavy atom. The number of benzene rings is 2. The maximum atomic E-state index is 9.35. The van der Waals surface area contributed by atoms with Crippen molar-refractivity contribution >= 4 is 28.6 Å². The fraction of sp³-hybridized carbons (Fsp3) is 0.0667. The minimum atomic E-state index is 0.272. The maximum absolute atomic E-state index is 9.35. The van der Waals surface area contributed by atoms with Gasteiger partial charge < -0.3 is 10.5 Å². The summed E-state index contributed by atoms with van der Waals surface area (Å²) >= 11 is 6.06. The summed E-state index contributed by atoms with van der Waals surface area (Å²) < 4.78 is 7.04. The summed E-state index contributed by atoms with van der Waals surface area (Å²) in [7, 11) is 1.54. The van der Waals surface area contributed by atoms with Crippen molar-refractivity contribution in [1.82, 2.24) is 9.55 Å². The van der Waals surface area contributed by atoms with Crippen LogP contribution < -0.4 is 10.5 Å². The number of ether oxygens (including phenoxy) is 1. The normalized spacial score (nSPS) is 10.5. The van der Waals surface area contributed by atoms with Gasteiger partial charge in [-0.2, -0.15) is 5.26 Å². The Balaban J connectivity index is 2.43. The number of hydrogen-bond acceptors (Lipinski definition) is 4. The third-order valence-electron chi connectivity index (χ3n) is 3.21. The van der Waals surface area contributed by atoms with Crippen molar-refractivity contribution in [2.45, 2.75) is 0 Å². The molecule has 0 unspecified atom stereocenters. The molecule has 5 nitrogen and oxygen atoms in total. The molecule has 2 aromatic carbocycles. The molecule has 0 atom stereocenters. The summed E-state index contributed by atoms with van der Waals surface area (Å²) in [5.74, 6) is 0.813. The summed E-state index contributed by atoms with van der Waals surface area (Å²) in [6, 6.07) is 12.7. The highest BCUT2D eigenvalue weighted by molar-refractivity contribution is 6.31. The average molecular weight is 299 g/mol. The van der Waals surface area contributed by atoms with Crippen LogP contribution in [0.1, 0.15) is 5.56 Å². The second kappa shape index (κ2) is 5.00. The van der Waals surface area contributed by atoms with Gasteiger partial charge in [-0.25, -0.2) is 4.98 Å². The van der Waals surface area contributed by atoms with E-state index in [0.29, 0.717) is 27.5 Å². The lowest BCUT2D eigenvalue weighted by atomic mass is 10.1. The molecule has 0 bridgehead atoms. The lowest BCUT2D eigenvalue weighted by molar-refractivity contribution is 0.413. The van der Waals surface area contributed by atoms with Crippen LogP contribution in [0.15, 0.2) is 36.4 Å². The Bertz CT molecular complexity index is 879. The largest absolute Gasteiger partial charge is 0.495 e. The quantitative estimate of drug-likeness (QED) is 0.788. The predicted octanol–water partition coefficient (Wildman–Crippen LogP) is 3.14. The van der Waals surface area contributed by atoms with Crippen LogP contribution >= 0.6 is 11.6 Å². The van der Waals surface area contributed by atoms with Crippen LogP contribution in [-0.2, 0) is 0 Å². The van der Waals surface area contributed by atoms with Gasteiger partial charge in [0.15, 0.2) is 0 Å². The summed E-state index contributed by atoms with van der Waals surface area (Å²) in [4.78, 5) is 4.30. The Morgan fingerprint density at radius 3 is 2.86 bits per heavy atom. The van der Waals surface area contributed by atoms with Gasteiger partial charge >= 0.3 is 0 Å². The van der Waals surface area contributed by atoms with Crippen LogP contribution in [0.25, 0.3) is 16.7 Å². The first-order valence-corrected chi connectivity index (χ1v) is 6.54. The van der Waals surface area contributed by atoms with Crippen molar-refractivity contribution in [2.75, 3.05) is 12.8 Å². The molecule has 0 saturated heterocycles. The van der Waals surface area contributed by atoms with Gasteiger partial charge in [0.25, 0.3) is 0 Å². The standard InChI is InChI=1S/C15H11ClN4O/c1-21-13-4-2-3-9(8-17)14(13)20-12-7-10(16)5-6-11(12)19-15(20)18/h2-7H,1H3,(H2,18,19). The van der Waals surface area contributed by atoms with E-state index in [9.17, 15) is 5.26 Å². The highest BCUT2D eigenvalue weighted by Gasteiger charge is 2.17. The van der Waals surface area contributed by atoms with Crippen molar-refractivity contribution < 1.29 is 4.74 Å². The molecule has 0 amide bonds. The van der Waals surface area contributed by atoms with Crippen molar-refractivity contribution in [3.05, 3.63) is 47.0 Å². The number of halogens is 1. The van der Waals surface area contributed by atoms with E-state index in [4.69, 9.17) is 22.1 Å². The molecule has 3 rings (SSSR count). The minimum Gasteiger partial charge on any atom is -0.495 e. The first-order valence-electron chi connectivity index (χ1n) is 6.16. The van der Waals surface area contributed by atoms with Crippen LogP contribution in [0, 0.1) is 11.3 Å². The zero-order valence-corrected chi connectivity index (χ0v) is 11.9. The van der Waals surface area contributed by atoms with E-state index in [2.05, 4.69) is 11.1 Å². The molecular formula is C15H11ClN4O. The van der Waals surface area contributed by atoms with Crippen LogP contribution in [0.3, 0.4) is 0 Å². The first kappa shape index (κ1) is 13.3. The number of nitrogen functional groups attached to an aromatic ring is 1. The highest BCUT2D eigenvalue weighted by Crippen LogP contribution is 2.33. The number of aromatic nitrogens is 2. The molecule has 0 fully saturated rings. The van der Waals surface area contributed by atoms with Crippen LogP contribution in [0.4, 0.5) is 5.95 Å². The number of hydrogen-bond donors (Lipinski definition) is 1. The first-order chi connectivity index (χ1) is 10.2. The van der Waals surface area contributed by atoms with Crippen LogP contribution in [0.5, 0.6) is 5.75 Å². The second-order valence-corrected chi connectivity index (χ2v) is 4.84. The van der Waals surface area contributed by atoms with E-state index in [1.807, 2.05) is 0 Å². The summed E-state index contributed by atoms with van der Waals surface area (Å²) in [5, 5.41) is 9.92. The molecule has 104 valence electrons. The monoisotopic (exact) mass is 298 g/mol. The van der Waals surface area contributed by atoms with Gasteiger partial charge in [-0.3, -0.25) is 4.57 Å². The molecule has 21 heavy (non-hydrogen) atoms. The number of nitrogens with two attached hydrogens (primary N) is 1. The number of imidazole rings is 1. The molecule has 0 saturated carbocycles. The highest BCUT2D eigenvalue weighted by atomic mass is 35.5. The van der Waals surface area contributed by atoms with E-state index in [-0.39, 0.29) is 5.95 Å². The van der Waals surface area contributed by atoms with Crippen LogP contribution in [-0.4, -0.2) is 16.7 Å². The molecule has 0 aliphatic rings. The van der Waals surface area contributed by atoms with Gasteiger partial charge in [-0.15, -0.1) is 0 Å². The molecule has 3 aromatic rings. The van der Waals surface area contributed by atoms with Gasteiger partial charge in [-0.05, 0) is 30.3 Å². The minimum absolute atomic E-state index is 0.272. The number of anilines is 1. The third-order valence-corrected chi connectivity index (χ3v) is 3.44. The van der Waals surface area contributed by atoms with Crippen molar-refractivity contribution in [1.29, 1.82) is 5.26 Å². The van der Waals surface area contributed by atoms with Crippen molar-refractivity contribution in [2.24, 2.45) is 0 Å². The van der Waals surface area contributed by atoms with Gasteiger partial charge in [-0.1, -0.05) is 17.7 Å². The Kier molecular flexibility index (Phi) is 3.16. The Hall–Kier alpha value is -2.71. The SMILES string of the molecule is COc1cccc(C#N)c1-n1c(N)nc2ccc(Cl)cc21. The molecule has 0 spiro atoms. The zero-order chi connectivity index (χ0) is 15.0. The molecule has 1 heterocycles. The molecule has 0 aliphatic heterocycles. The van der Waals surface area contributed by atoms with Gasteiger partial charge in [0.1, 0.15) is 17.5 Å². The molecule has 6 heteroatoms. The van der Waals surface area contributed by atoms with E-state index in [1.165, 1.54) is 0 Å². The number of para-hydroxylation sites is 1. The van der Waals surface area contributed by atoms with Crippen LogP contribution in [0.2, 0.25) is 5.02 Å². The summed E-state index contributed by atoms with van der Waals surface area (Å²) in [6.07, 6.45) is 0. The van der Waals surface area contributed by atoms with Gasteiger partial charge in [0, 0.05) is 5.02 Å². The Morgan fingerprint density at radius 2 is 2.14 bits per heavy atom. The number of fused-ring (bicyclic) bond motifs is 1. The number of nitrogens with zero attached hydrogens (tertiary/aromatic N) is 3. The number of rotatable bonds is 2. The molecular weight excluding hydrogens is 288 g/mol. The molecule has 0 aliphatic carbocycles. The third kappa shape index (κ3) is 2.06. The average Bonchev–Trinajstić information content (AvgIpc) is 2.81. The number of nitriles is 1. The second-order valence-electron chi connectivity index (χ2n) is 4.41. The van der Waals surface area contributed by atoms with Crippen molar-refractivity contribution in [3.63, 3.8) is 0 Å². The lowest BCUT2D eigenvalue weighted by Crippen LogP contribution is -2.05. The lowest BCUT2D eigenvalue weighted by Gasteiger charge is -2.13. The Labute approximate surface area is 126 Å². The smallest absolute Gasteiger partial charge is 0.206 e. The molecule has 1 aromatic heterocycles. The van der Waals surface area contributed by atoms with E-state index in [1.54, 1.807) is 48.1 Å². The van der Waals surface area contributed by atoms with Crippen molar-refractivity contribution in [3.8, 4) is 17.5 Å². The van der Waals surface area contributed by atoms with E-state index >= 15 is 0 Å². The zero-order valence-electron chi connectivity index (χ0n) is 11.2. The summed E-state index contributed by atoms with van der Waals surface area (Å²) in [6.45, 7) is 0. The maximum Gasteiger partial charge on any atom is 0.206 e. The fourth-order valence-electron chi connectivity index (χ4n) is 2.31. The van der Waals surface area contributed by atoms with Gasteiger partial charge in [0.2, 0.25) is 5.95 Å².